The Hall–Kier alpha value is 0.310. The Morgan fingerprint density at radius 3 is 2.38 bits per heavy atom. The molecule has 1 fully saturated rings. The lowest BCUT2D eigenvalue weighted by Gasteiger charge is -2.23. The van der Waals surface area contributed by atoms with Crippen LogP contribution in [-0.4, -0.2) is 36.0 Å². The van der Waals surface area contributed by atoms with Gasteiger partial charge in [0.2, 0.25) is 0 Å². The number of nitrogens with zero attached hydrogens (tertiary/aromatic N) is 1. The lowest BCUT2D eigenvalue weighted by Crippen LogP contribution is -2.31. The number of thioether (sulfide) groups is 1. The molecule has 1 unspecified atom stereocenters. The van der Waals surface area contributed by atoms with Crippen molar-refractivity contribution in [3.8, 4) is 0 Å². The van der Waals surface area contributed by atoms with Gasteiger partial charge in [-0.05, 0) is 44.7 Å². The topological polar surface area (TPSA) is 3.24 Å². The van der Waals surface area contributed by atoms with Crippen molar-refractivity contribution in [1.82, 2.24) is 4.90 Å². The summed E-state index contributed by atoms with van der Waals surface area (Å²) in [5.41, 5.74) is 0. The third-order valence-corrected chi connectivity index (χ3v) is 3.68. The first-order valence-corrected chi connectivity index (χ1v) is 6.63. The molecule has 0 aromatic rings. The first-order chi connectivity index (χ1) is 6.20. The van der Waals surface area contributed by atoms with Gasteiger partial charge in [0.05, 0.1) is 0 Å². The Labute approximate surface area is 88.3 Å². The lowest BCUT2D eigenvalue weighted by molar-refractivity contribution is 0.239. The summed E-state index contributed by atoms with van der Waals surface area (Å²) in [5, 5.41) is 0. The highest BCUT2D eigenvalue weighted by molar-refractivity contribution is 7.99. The summed E-state index contributed by atoms with van der Waals surface area (Å²) in [6.07, 6.45) is 1.43. The summed E-state index contributed by atoms with van der Waals surface area (Å²) in [7, 11) is 2.23. The van der Waals surface area contributed by atoms with Crippen molar-refractivity contribution in [2.75, 3.05) is 25.1 Å². The predicted octanol–water partition coefficient (Wildman–Crippen LogP) is 3.11. The molecule has 13 heavy (non-hydrogen) atoms. The molecule has 1 rings (SSSR count). The summed E-state index contributed by atoms with van der Waals surface area (Å²) >= 11 is 2.11. The minimum Gasteiger partial charge on any atom is -0.304 e. The Morgan fingerprint density at radius 2 is 2.00 bits per heavy atom. The van der Waals surface area contributed by atoms with E-state index >= 15 is 0 Å². The fraction of sp³-hybridized carbons (Fsp3) is 1.00. The summed E-state index contributed by atoms with van der Waals surface area (Å²) in [6, 6.07) is 0.709. The van der Waals surface area contributed by atoms with Crippen molar-refractivity contribution in [3.05, 3.63) is 0 Å². The standard InChI is InChI=1S/C9H19NS.C2H6/c1-8(2)10(3)6-9-4-5-11-7-9;1-2/h8-9H,4-7H2,1-3H3;1-2H3. The number of hydrogen-bond donors (Lipinski definition) is 0. The molecular formula is C11H25NS. The Kier molecular flexibility index (Phi) is 7.87. The van der Waals surface area contributed by atoms with E-state index in [0.29, 0.717) is 6.04 Å². The van der Waals surface area contributed by atoms with Crippen LogP contribution in [0.1, 0.15) is 34.1 Å². The van der Waals surface area contributed by atoms with Crippen molar-refractivity contribution in [1.29, 1.82) is 0 Å². The average Bonchev–Trinajstić information content (AvgIpc) is 2.60. The Morgan fingerprint density at radius 1 is 1.38 bits per heavy atom. The molecular weight excluding hydrogens is 178 g/mol. The zero-order valence-corrected chi connectivity index (χ0v) is 10.7. The summed E-state index contributed by atoms with van der Waals surface area (Å²) in [6.45, 7) is 9.83. The van der Waals surface area contributed by atoms with Gasteiger partial charge in [0, 0.05) is 12.6 Å². The molecule has 1 nitrogen and oxygen atoms in total. The zero-order chi connectivity index (χ0) is 10.3. The molecule has 0 aliphatic carbocycles. The normalized spacial score (nSPS) is 21.9. The molecule has 1 heterocycles. The molecule has 0 bridgehead atoms. The second-order valence-electron chi connectivity index (χ2n) is 3.76. The van der Waals surface area contributed by atoms with Gasteiger partial charge < -0.3 is 4.90 Å². The average molecular weight is 203 g/mol. The summed E-state index contributed by atoms with van der Waals surface area (Å²) in [5.74, 6) is 3.74. The van der Waals surface area contributed by atoms with Gasteiger partial charge >= 0.3 is 0 Å². The predicted molar refractivity (Wildman–Crippen MR) is 64.5 cm³/mol. The SMILES string of the molecule is CC.CC(C)N(C)CC1CCSC1. The third-order valence-electron chi connectivity index (χ3n) is 2.45. The molecule has 1 aliphatic rings. The zero-order valence-electron chi connectivity index (χ0n) is 9.84. The number of rotatable bonds is 3. The van der Waals surface area contributed by atoms with Crippen LogP contribution in [0, 0.1) is 5.92 Å². The van der Waals surface area contributed by atoms with E-state index in [-0.39, 0.29) is 0 Å². The van der Waals surface area contributed by atoms with Crippen LogP contribution in [-0.2, 0) is 0 Å². The molecule has 0 saturated carbocycles. The van der Waals surface area contributed by atoms with E-state index in [1.807, 2.05) is 13.8 Å². The van der Waals surface area contributed by atoms with Crippen molar-refractivity contribution >= 4 is 11.8 Å². The van der Waals surface area contributed by atoms with Gasteiger partial charge in [-0.25, -0.2) is 0 Å². The van der Waals surface area contributed by atoms with Crippen LogP contribution in [0.4, 0.5) is 0 Å². The maximum atomic E-state index is 2.45. The molecule has 0 amide bonds. The fourth-order valence-electron chi connectivity index (χ4n) is 1.35. The van der Waals surface area contributed by atoms with E-state index in [1.54, 1.807) is 0 Å². The van der Waals surface area contributed by atoms with E-state index in [1.165, 1.54) is 24.5 Å². The van der Waals surface area contributed by atoms with E-state index in [0.717, 1.165) is 5.92 Å². The molecule has 0 spiro atoms. The van der Waals surface area contributed by atoms with E-state index in [2.05, 4.69) is 37.6 Å². The van der Waals surface area contributed by atoms with E-state index in [9.17, 15) is 0 Å². The van der Waals surface area contributed by atoms with Crippen molar-refractivity contribution < 1.29 is 0 Å². The molecule has 0 N–H and O–H groups in total. The highest BCUT2D eigenvalue weighted by Gasteiger charge is 2.17. The molecule has 80 valence electrons. The first kappa shape index (κ1) is 13.3. The van der Waals surface area contributed by atoms with Gasteiger partial charge in [-0.3, -0.25) is 0 Å². The van der Waals surface area contributed by atoms with Crippen LogP contribution in [0.3, 0.4) is 0 Å². The first-order valence-electron chi connectivity index (χ1n) is 5.48. The third kappa shape index (κ3) is 5.58. The molecule has 0 aromatic heterocycles. The highest BCUT2D eigenvalue weighted by Crippen LogP contribution is 2.24. The minimum absolute atomic E-state index is 0.709. The molecule has 0 aromatic carbocycles. The van der Waals surface area contributed by atoms with Crippen LogP contribution in [0.15, 0.2) is 0 Å². The van der Waals surface area contributed by atoms with E-state index in [4.69, 9.17) is 0 Å². The van der Waals surface area contributed by atoms with Crippen molar-refractivity contribution in [2.45, 2.75) is 40.2 Å². The monoisotopic (exact) mass is 203 g/mol. The quantitative estimate of drug-likeness (QED) is 0.693. The smallest absolute Gasteiger partial charge is 0.00356 e. The second kappa shape index (κ2) is 7.69. The van der Waals surface area contributed by atoms with Crippen LogP contribution in [0.2, 0.25) is 0 Å². The maximum Gasteiger partial charge on any atom is 0.00356 e. The second-order valence-corrected chi connectivity index (χ2v) is 4.91. The highest BCUT2D eigenvalue weighted by atomic mass is 32.2. The van der Waals surface area contributed by atoms with Gasteiger partial charge in [-0.2, -0.15) is 11.8 Å². The van der Waals surface area contributed by atoms with Crippen molar-refractivity contribution in [3.63, 3.8) is 0 Å². The van der Waals surface area contributed by atoms with E-state index < -0.39 is 0 Å². The van der Waals surface area contributed by atoms with Crippen molar-refractivity contribution in [2.24, 2.45) is 5.92 Å². The molecule has 2 heteroatoms. The van der Waals surface area contributed by atoms with Crippen LogP contribution < -0.4 is 0 Å². The van der Waals surface area contributed by atoms with Gasteiger partial charge in [0.15, 0.2) is 0 Å². The molecule has 1 atom stereocenters. The van der Waals surface area contributed by atoms with Crippen LogP contribution in [0.5, 0.6) is 0 Å². The Bertz CT molecular complexity index is 109. The van der Waals surface area contributed by atoms with Crippen LogP contribution >= 0.6 is 11.8 Å². The maximum absolute atomic E-state index is 2.45. The minimum atomic E-state index is 0.709. The molecule has 1 aliphatic heterocycles. The van der Waals surface area contributed by atoms with Crippen LogP contribution in [0.25, 0.3) is 0 Å². The molecule has 1 saturated heterocycles. The van der Waals surface area contributed by atoms with Gasteiger partial charge in [0.1, 0.15) is 0 Å². The fourth-order valence-corrected chi connectivity index (χ4v) is 2.62. The molecule has 0 radical (unpaired) electrons. The largest absolute Gasteiger partial charge is 0.304 e. The number of hydrogen-bond acceptors (Lipinski definition) is 2. The Balaban J connectivity index is 0.000000671. The van der Waals surface area contributed by atoms with Gasteiger partial charge in [0.25, 0.3) is 0 Å². The summed E-state index contributed by atoms with van der Waals surface area (Å²) < 4.78 is 0. The van der Waals surface area contributed by atoms with Gasteiger partial charge in [-0.15, -0.1) is 0 Å². The van der Waals surface area contributed by atoms with Gasteiger partial charge in [-0.1, -0.05) is 13.8 Å². The lowest BCUT2D eigenvalue weighted by atomic mass is 10.1. The summed E-state index contributed by atoms with van der Waals surface area (Å²) in [4.78, 5) is 2.45.